The molecule has 0 aliphatic rings. The average molecular weight is 306 g/mol. The highest BCUT2D eigenvalue weighted by atomic mass is 31.2. The van der Waals surface area contributed by atoms with Crippen LogP contribution in [-0.4, -0.2) is 24.5 Å². The first kappa shape index (κ1) is 16.3. The van der Waals surface area contributed by atoms with Crippen molar-refractivity contribution in [3.05, 3.63) is 42.0 Å². The van der Waals surface area contributed by atoms with Crippen LogP contribution >= 0.6 is 15.2 Å². The third-order valence-electron chi connectivity index (χ3n) is 2.87. The number of hydrogen-bond donors (Lipinski definition) is 4. The Morgan fingerprint density at radius 1 is 1.05 bits per heavy atom. The molecule has 1 aromatic rings. The minimum absolute atomic E-state index is 0.420. The van der Waals surface area contributed by atoms with Crippen molar-refractivity contribution in [1.82, 2.24) is 0 Å². The molecule has 0 bridgehead atoms. The minimum Gasteiger partial charge on any atom is -0.324 e. The summed E-state index contributed by atoms with van der Waals surface area (Å²) < 4.78 is 22.6. The fraction of sp³-hybridized carbons (Fsp3) is 0.273. The van der Waals surface area contributed by atoms with Crippen LogP contribution in [0.5, 0.6) is 0 Å². The Balaban J connectivity index is 2.97. The van der Waals surface area contributed by atoms with Crippen LogP contribution in [0.4, 0.5) is 0 Å². The van der Waals surface area contributed by atoms with Gasteiger partial charge in [-0.1, -0.05) is 42.5 Å². The number of allylic oxidation sites excluding steroid dienone is 1. The van der Waals surface area contributed by atoms with Crippen molar-refractivity contribution in [3.8, 4) is 0 Å². The van der Waals surface area contributed by atoms with Crippen LogP contribution in [0.1, 0.15) is 18.9 Å². The van der Waals surface area contributed by atoms with Crippen LogP contribution in [0.2, 0.25) is 0 Å². The van der Waals surface area contributed by atoms with Crippen molar-refractivity contribution in [2.45, 2.75) is 18.2 Å². The molecular weight excluding hydrogens is 290 g/mol. The molecule has 0 aliphatic carbocycles. The number of hydrogen-bond acceptors (Lipinski definition) is 2. The highest BCUT2D eigenvalue weighted by Gasteiger charge is 2.55. The van der Waals surface area contributed by atoms with E-state index in [9.17, 15) is 9.13 Å². The van der Waals surface area contributed by atoms with Crippen LogP contribution in [0, 0.1) is 0 Å². The van der Waals surface area contributed by atoms with Crippen LogP contribution < -0.4 is 0 Å². The molecule has 0 aromatic heterocycles. The Hall–Kier alpha value is -0.740. The molecule has 0 unspecified atom stereocenters. The predicted molar refractivity (Wildman–Crippen MR) is 72.6 cm³/mol. The maximum Gasteiger partial charge on any atom is 0.343 e. The van der Waals surface area contributed by atoms with Gasteiger partial charge in [0.1, 0.15) is 0 Å². The molecule has 0 radical (unpaired) electrons. The average Bonchev–Trinajstić information content (AvgIpc) is 2.27. The molecule has 0 atom stereocenters. The van der Waals surface area contributed by atoms with Crippen LogP contribution in [0.15, 0.2) is 36.4 Å². The van der Waals surface area contributed by atoms with E-state index in [0.717, 1.165) is 12.5 Å². The predicted octanol–water partition coefficient (Wildman–Crippen LogP) is 2.16. The first-order chi connectivity index (χ1) is 8.58. The van der Waals surface area contributed by atoms with Crippen molar-refractivity contribution in [1.29, 1.82) is 0 Å². The summed E-state index contributed by atoms with van der Waals surface area (Å²) in [7, 11) is -9.89. The van der Waals surface area contributed by atoms with E-state index in [-0.39, 0.29) is 0 Å². The summed E-state index contributed by atoms with van der Waals surface area (Å²) in [6.07, 6.45) is 2.49. The molecule has 0 aliphatic heterocycles. The lowest BCUT2D eigenvalue weighted by Crippen LogP contribution is -2.24. The Morgan fingerprint density at radius 3 is 1.95 bits per heavy atom. The normalized spacial score (nSPS) is 13.9. The summed E-state index contributed by atoms with van der Waals surface area (Å²) in [6.45, 7) is 0.893. The van der Waals surface area contributed by atoms with Gasteiger partial charge in [0.15, 0.2) is 4.90 Å². The monoisotopic (exact) mass is 306 g/mol. The Morgan fingerprint density at radius 2 is 1.53 bits per heavy atom. The molecule has 1 aromatic carbocycles. The van der Waals surface area contributed by atoms with Gasteiger partial charge in [0.05, 0.1) is 0 Å². The van der Waals surface area contributed by atoms with Gasteiger partial charge in [0.25, 0.3) is 0 Å². The second kappa shape index (κ2) is 5.71. The SMILES string of the molecule is CC(CC=Cc1ccccc1)(P(=O)(O)O)P(=O)(O)O. The van der Waals surface area contributed by atoms with E-state index >= 15 is 0 Å². The Labute approximate surface area is 111 Å². The first-order valence-corrected chi connectivity index (χ1v) is 8.63. The van der Waals surface area contributed by atoms with Gasteiger partial charge >= 0.3 is 15.2 Å². The van der Waals surface area contributed by atoms with Crippen LogP contribution in [-0.2, 0) is 9.13 Å². The molecule has 0 spiro atoms. The largest absolute Gasteiger partial charge is 0.343 e. The van der Waals surface area contributed by atoms with Gasteiger partial charge in [0, 0.05) is 0 Å². The van der Waals surface area contributed by atoms with Gasteiger partial charge in [-0.3, -0.25) is 9.13 Å². The van der Waals surface area contributed by atoms with E-state index in [0.29, 0.717) is 0 Å². The lowest BCUT2D eigenvalue weighted by molar-refractivity contribution is 0.313. The summed E-state index contributed by atoms with van der Waals surface area (Å²) >= 11 is 0. The first-order valence-electron chi connectivity index (χ1n) is 5.41. The zero-order valence-corrected chi connectivity index (χ0v) is 12.0. The summed E-state index contributed by atoms with van der Waals surface area (Å²) in [6, 6.07) is 8.91. The van der Waals surface area contributed by atoms with E-state index in [2.05, 4.69) is 0 Å². The fourth-order valence-electron chi connectivity index (χ4n) is 1.39. The minimum atomic E-state index is -4.94. The van der Waals surface area contributed by atoms with E-state index < -0.39 is 26.5 Å². The second-order valence-corrected chi connectivity index (χ2v) is 8.83. The number of benzene rings is 1. The molecule has 0 amide bonds. The molecule has 0 fully saturated rings. The van der Waals surface area contributed by atoms with Gasteiger partial charge < -0.3 is 19.6 Å². The molecule has 6 nitrogen and oxygen atoms in total. The van der Waals surface area contributed by atoms with Crippen LogP contribution in [0.3, 0.4) is 0 Å². The maximum absolute atomic E-state index is 11.3. The third kappa shape index (κ3) is 3.86. The standard InChI is InChI=1S/C11H16O6P2/c1-11(18(12,13)14,19(15,16)17)9-5-8-10-6-3-2-4-7-10/h2-8H,9H2,1H3,(H2,12,13,14)(H2,15,16,17). The maximum atomic E-state index is 11.3. The van der Waals surface area contributed by atoms with Crippen LogP contribution in [0.25, 0.3) is 6.08 Å². The van der Waals surface area contributed by atoms with E-state index in [1.165, 1.54) is 6.08 Å². The summed E-state index contributed by atoms with van der Waals surface area (Å²) in [5.74, 6) is 0. The Kier molecular flexibility index (Phi) is 4.91. The highest BCUT2D eigenvalue weighted by molar-refractivity contribution is 7.72. The lowest BCUT2D eigenvalue weighted by Gasteiger charge is -2.29. The van der Waals surface area contributed by atoms with Gasteiger partial charge in [-0.15, -0.1) is 0 Å². The van der Waals surface area contributed by atoms with Crippen molar-refractivity contribution in [2.24, 2.45) is 0 Å². The zero-order valence-electron chi connectivity index (χ0n) is 10.2. The Bertz CT molecular complexity index is 520. The molecular formula is C11H16O6P2. The van der Waals surface area contributed by atoms with Gasteiger partial charge in [-0.2, -0.15) is 0 Å². The zero-order chi connectivity index (χ0) is 14.7. The topological polar surface area (TPSA) is 115 Å². The molecule has 0 saturated heterocycles. The van der Waals surface area contributed by atoms with Gasteiger partial charge in [-0.25, -0.2) is 0 Å². The molecule has 4 N–H and O–H groups in total. The molecule has 1 rings (SSSR count). The molecule has 8 heteroatoms. The quantitative estimate of drug-likeness (QED) is 0.620. The van der Waals surface area contributed by atoms with Gasteiger partial charge in [-0.05, 0) is 18.9 Å². The smallest absolute Gasteiger partial charge is 0.324 e. The summed E-state index contributed by atoms with van der Waals surface area (Å²) in [5, 5.41) is 0. The summed E-state index contributed by atoms with van der Waals surface area (Å²) in [4.78, 5) is 34.2. The lowest BCUT2D eigenvalue weighted by atomic mass is 10.2. The molecule has 0 heterocycles. The highest BCUT2D eigenvalue weighted by Crippen LogP contribution is 2.70. The number of rotatable bonds is 5. The molecule has 0 saturated carbocycles. The van der Waals surface area contributed by atoms with Crippen molar-refractivity contribution in [3.63, 3.8) is 0 Å². The summed E-state index contributed by atoms with van der Waals surface area (Å²) in [5.41, 5.74) is 0.779. The van der Waals surface area contributed by atoms with E-state index in [1.54, 1.807) is 30.3 Å². The third-order valence-corrected chi connectivity index (χ3v) is 7.31. The van der Waals surface area contributed by atoms with E-state index in [4.69, 9.17) is 19.6 Å². The van der Waals surface area contributed by atoms with Gasteiger partial charge in [0.2, 0.25) is 0 Å². The second-order valence-electron chi connectivity index (χ2n) is 4.32. The van der Waals surface area contributed by atoms with Crippen molar-refractivity contribution < 1.29 is 28.7 Å². The molecule has 19 heavy (non-hydrogen) atoms. The fourth-order valence-corrected chi connectivity index (χ4v) is 3.43. The van der Waals surface area contributed by atoms with Crippen molar-refractivity contribution in [2.75, 3.05) is 0 Å². The molecule has 106 valence electrons. The van der Waals surface area contributed by atoms with E-state index in [1.807, 2.05) is 6.07 Å². The van der Waals surface area contributed by atoms with Crippen molar-refractivity contribution >= 4 is 21.3 Å².